The average Bonchev–Trinajstić information content (AvgIpc) is 3.06. The highest BCUT2D eigenvalue weighted by Crippen LogP contribution is 2.30. The number of carboxylic acid groups (broad SMARTS) is 1. The van der Waals surface area contributed by atoms with Gasteiger partial charge in [0.25, 0.3) is 0 Å². The van der Waals surface area contributed by atoms with E-state index in [4.69, 9.17) is 28.8 Å². The molecule has 2 rings (SSSR count). The number of aliphatic carboxylic acids is 1. The number of hydrogen-bond donors (Lipinski definition) is 8. The van der Waals surface area contributed by atoms with Crippen LogP contribution in [0.5, 0.6) is 0 Å². The van der Waals surface area contributed by atoms with Crippen molar-refractivity contribution in [3.8, 4) is 0 Å². The number of carbonyl (C=O) groups excluding carboxylic acids is 1. The van der Waals surface area contributed by atoms with Gasteiger partial charge in [-0.25, -0.2) is 0 Å². The van der Waals surface area contributed by atoms with Gasteiger partial charge in [0.2, 0.25) is 0 Å². The van der Waals surface area contributed by atoms with Crippen LogP contribution in [-0.2, 0) is 33.3 Å². The summed E-state index contributed by atoms with van der Waals surface area (Å²) in [6, 6.07) is 0. The molecule has 2 heterocycles. The first-order valence-electron chi connectivity index (χ1n) is 16.8. The van der Waals surface area contributed by atoms with Gasteiger partial charge in [0.15, 0.2) is 12.6 Å². The Hall–Kier alpha value is -2.54. The zero-order chi connectivity index (χ0) is 37.6. The predicted octanol–water partition coefficient (Wildman–Crippen LogP) is 0.769. The highest BCUT2D eigenvalue weighted by atomic mass is 16.7. The van der Waals surface area contributed by atoms with Crippen LogP contribution in [0.15, 0.2) is 47.6 Å². The van der Waals surface area contributed by atoms with Crippen LogP contribution in [0.1, 0.15) is 72.6 Å². The van der Waals surface area contributed by atoms with Crippen molar-refractivity contribution in [2.45, 2.75) is 140 Å². The number of allylic oxidation sites excluding steroid dienone is 5. The van der Waals surface area contributed by atoms with Crippen molar-refractivity contribution in [1.29, 1.82) is 0 Å². The maximum atomic E-state index is 11.6. The molecule has 0 aromatic carbocycles. The quantitative estimate of drug-likeness (QED) is 0.0493. The first-order chi connectivity index (χ1) is 23.5. The van der Waals surface area contributed by atoms with E-state index >= 15 is 0 Å². The number of rotatable bonds is 20. The van der Waals surface area contributed by atoms with Crippen LogP contribution in [-0.4, -0.2) is 140 Å². The highest BCUT2D eigenvalue weighted by Gasteiger charge is 2.47. The molecule has 15 heteroatoms. The lowest BCUT2D eigenvalue weighted by molar-refractivity contribution is -0.320. The summed E-state index contributed by atoms with van der Waals surface area (Å²) in [6.45, 7) is 10.6. The lowest BCUT2D eigenvalue weighted by Gasteiger charge is -2.43. The number of ether oxygens (including phenoxy) is 5. The van der Waals surface area contributed by atoms with Crippen LogP contribution in [0.25, 0.3) is 0 Å². The highest BCUT2D eigenvalue weighted by molar-refractivity contribution is 5.90. The SMILES string of the molecule is C=CC(C)(CCC=C(C)CCC=C(C)CCC=C(C)COC1OC(CO)C(O)C(O)C1O)OC1OC(COC(=O)CC(=O)O)C(O)C(O)C1O. The Kier molecular flexibility index (Phi) is 18.4. The number of aliphatic hydroxyl groups excluding tert-OH is 7. The van der Waals surface area contributed by atoms with Crippen LogP contribution < -0.4 is 0 Å². The number of carboxylic acids is 1. The fraction of sp³-hybridized carbons (Fsp3) is 0.714. The second-order valence-electron chi connectivity index (χ2n) is 13.2. The Balaban J connectivity index is 1.78. The Morgan fingerprint density at radius 1 is 0.760 bits per heavy atom. The van der Waals surface area contributed by atoms with Gasteiger partial charge in [-0.05, 0) is 66.2 Å². The summed E-state index contributed by atoms with van der Waals surface area (Å²) in [6.07, 6.45) is -2.76. The minimum Gasteiger partial charge on any atom is -0.481 e. The third-order valence-corrected chi connectivity index (χ3v) is 8.71. The van der Waals surface area contributed by atoms with E-state index in [1.54, 1.807) is 13.0 Å². The molecule has 0 amide bonds. The summed E-state index contributed by atoms with van der Waals surface area (Å²) in [5.74, 6) is -2.42. The largest absolute Gasteiger partial charge is 0.481 e. The van der Waals surface area contributed by atoms with Crippen molar-refractivity contribution in [2.75, 3.05) is 19.8 Å². The monoisotopic (exact) mass is 716 g/mol. The van der Waals surface area contributed by atoms with Gasteiger partial charge < -0.3 is 64.5 Å². The minimum absolute atomic E-state index is 0.151. The number of hydrogen-bond acceptors (Lipinski definition) is 14. The second kappa shape index (κ2) is 21.1. The molecule has 2 aliphatic heterocycles. The van der Waals surface area contributed by atoms with Crippen molar-refractivity contribution < 1.29 is 74.1 Å². The Morgan fingerprint density at radius 3 is 1.84 bits per heavy atom. The summed E-state index contributed by atoms with van der Waals surface area (Å²) in [7, 11) is 0. The van der Waals surface area contributed by atoms with Crippen LogP contribution >= 0.6 is 0 Å². The Bertz CT molecular complexity index is 1180. The van der Waals surface area contributed by atoms with Crippen molar-refractivity contribution in [1.82, 2.24) is 0 Å². The molecule has 0 bridgehead atoms. The van der Waals surface area contributed by atoms with Crippen LogP contribution in [0.2, 0.25) is 0 Å². The number of carbonyl (C=O) groups is 2. The predicted molar refractivity (Wildman–Crippen MR) is 178 cm³/mol. The molecule has 0 radical (unpaired) electrons. The van der Waals surface area contributed by atoms with E-state index in [0.717, 1.165) is 36.8 Å². The van der Waals surface area contributed by atoms with Gasteiger partial charge in [-0.2, -0.15) is 0 Å². The minimum atomic E-state index is -1.66. The maximum Gasteiger partial charge on any atom is 0.317 e. The molecule has 2 aliphatic rings. The van der Waals surface area contributed by atoms with E-state index in [1.807, 2.05) is 19.9 Å². The van der Waals surface area contributed by atoms with E-state index in [2.05, 4.69) is 25.7 Å². The molecular formula is C35H56O15. The van der Waals surface area contributed by atoms with Gasteiger partial charge in [-0.1, -0.05) is 41.0 Å². The molecule has 50 heavy (non-hydrogen) atoms. The average molecular weight is 717 g/mol. The number of aliphatic hydroxyl groups is 7. The summed E-state index contributed by atoms with van der Waals surface area (Å²) in [4.78, 5) is 22.3. The zero-order valence-corrected chi connectivity index (χ0v) is 29.3. The van der Waals surface area contributed by atoms with Crippen molar-refractivity contribution >= 4 is 11.9 Å². The van der Waals surface area contributed by atoms with Gasteiger partial charge in [0, 0.05) is 0 Å². The van der Waals surface area contributed by atoms with E-state index in [9.17, 15) is 45.3 Å². The second-order valence-corrected chi connectivity index (χ2v) is 13.2. The molecule has 0 spiro atoms. The summed E-state index contributed by atoms with van der Waals surface area (Å²) < 4.78 is 27.4. The van der Waals surface area contributed by atoms with Gasteiger partial charge in [-0.3, -0.25) is 9.59 Å². The van der Waals surface area contributed by atoms with Gasteiger partial charge in [0.05, 0.1) is 18.8 Å². The van der Waals surface area contributed by atoms with E-state index in [-0.39, 0.29) is 6.61 Å². The lowest BCUT2D eigenvalue weighted by atomic mass is 9.96. The van der Waals surface area contributed by atoms with Crippen LogP contribution in [0.3, 0.4) is 0 Å². The molecule has 0 aliphatic carbocycles. The van der Waals surface area contributed by atoms with Gasteiger partial charge in [0.1, 0.15) is 61.9 Å². The van der Waals surface area contributed by atoms with Gasteiger partial charge >= 0.3 is 11.9 Å². The normalized spacial score (nSPS) is 32.3. The Morgan fingerprint density at radius 2 is 1.28 bits per heavy atom. The summed E-state index contributed by atoms with van der Waals surface area (Å²) in [5.41, 5.74) is 2.30. The topological polar surface area (TPSA) is 242 Å². The van der Waals surface area contributed by atoms with Crippen LogP contribution in [0.4, 0.5) is 0 Å². The Labute approximate surface area is 293 Å². The molecule has 11 atom stereocenters. The molecule has 0 aromatic heterocycles. The maximum absolute atomic E-state index is 11.6. The molecular weight excluding hydrogens is 660 g/mol. The fourth-order valence-electron chi connectivity index (χ4n) is 5.35. The zero-order valence-electron chi connectivity index (χ0n) is 29.3. The van der Waals surface area contributed by atoms with E-state index in [0.29, 0.717) is 12.8 Å². The van der Waals surface area contributed by atoms with Crippen molar-refractivity contribution in [2.24, 2.45) is 0 Å². The third kappa shape index (κ3) is 13.9. The third-order valence-electron chi connectivity index (χ3n) is 8.71. The summed E-state index contributed by atoms with van der Waals surface area (Å²) in [5, 5.41) is 79.0. The first-order valence-corrected chi connectivity index (χ1v) is 16.8. The van der Waals surface area contributed by atoms with E-state index in [1.165, 1.54) is 5.57 Å². The molecule has 11 unspecified atom stereocenters. The molecule has 0 aromatic rings. The molecule has 15 nitrogen and oxygen atoms in total. The smallest absolute Gasteiger partial charge is 0.317 e. The van der Waals surface area contributed by atoms with Gasteiger partial charge in [-0.15, -0.1) is 6.58 Å². The number of esters is 1. The van der Waals surface area contributed by atoms with Crippen molar-refractivity contribution in [3.05, 3.63) is 47.6 Å². The van der Waals surface area contributed by atoms with Crippen LogP contribution in [0, 0.1) is 0 Å². The fourth-order valence-corrected chi connectivity index (χ4v) is 5.35. The molecule has 8 N–H and O–H groups in total. The first kappa shape index (κ1) is 43.6. The lowest BCUT2D eigenvalue weighted by Crippen LogP contribution is -2.60. The molecule has 286 valence electrons. The molecule has 2 fully saturated rings. The van der Waals surface area contributed by atoms with E-state index < -0.39 is 98.6 Å². The van der Waals surface area contributed by atoms with Crippen molar-refractivity contribution in [3.63, 3.8) is 0 Å². The molecule has 2 saturated heterocycles. The molecule has 0 saturated carbocycles. The summed E-state index contributed by atoms with van der Waals surface area (Å²) >= 11 is 0. The standard InChI is InChI=1S/C35H56O15/c1-6-35(5,50-34-32(45)30(43)28(41)24(49-34)19-46-26(39)16-25(37)38)15-9-14-21(3)11-7-10-20(2)12-8-13-22(4)18-47-33-31(44)29(42)27(40)23(17-36)48-33/h6,10,13-14,23-24,27-34,36,40-45H,1,7-9,11-12,15-19H2,2-5H3,(H,37,38).